The second kappa shape index (κ2) is 8.83. The quantitative estimate of drug-likeness (QED) is 0.851. The van der Waals surface area contributed by atoms with Crippen molar-refractivity contribution >= 4 is 5.91 Å². The molecular weight excluding hydrogens is 202 g/mol. The van der Waals surface area contributed by atoms with Gasteiger partial charge in [0.1, 0.15) is 0 Å². The smallest absolute Gasteiger partial charge is 0.220 e. The predicted octanol–water partition coefficient (Wildman–Crippen LogP) is 2.23. The Bertz CT molecular complexity index is 296. The maximum atomic E-state index is 11.1. The van der Waals surface area contributed by atoms with Crippen molar-refractivity contribution in [3.8, 4) is 0 Å². The Morgan fingerprint density at radius 1 is 1.31 bits per heavy atom. The molecule has 0 radical (unpaired) electrons. The van der Waals surface area contributed by atoms with Crippen LogP contribution in [0.3, 0.4) is 0 Å². The average molecular weight is 223 g/mol. The van der Waals surface area contributed by atoms with E-state index in [4.69, 9.17) is 0 Å². The van der Waals surface area contributed by atoms with E-state index >= 15 is 0 Å². The Labute approximate surface area is 97.5 Å². The van der Waals surface area contributed by atoms with Crippen molar-refractivity contribution < 1.29 is 4.79 Å². The molecule has 0 atom stereocenters. The molecule has 0 aliphatic rings. The molecule has 4 nitrogen and oxygen atoms in total. The zero-order chi connectivity index (χ0) is 12.4. The fourth-order valence-corrected chi connectivity index (χ4v) is 1.02. The molecule has 90 valence electrons. The first-order chi connectivity index (χ1) is 7.72. The first kappa shape index (κ1) is 14.6. The van der Waals surface area contributed by atoms with Gasteiger partial charge in [0.15, 0.2) is 0 Å². The predicted molar refractivity (Wildman–Crippen MR) is 64.9 cm³/mol. The summed E-state index contributed by atoms with van der Waals surface area (Å²) in [6.45, 7) is 8.32. The molecule has 0 unspecified atom stereocenters. The summed E-state index contributed by atoms with van der Waals surface area (Å²) in [6, 6.07) is 0. The van der Waals surface area contributed by atoms with Gasteiger partial charge in [-0.05, 0) is 13.3 Å². The number of rotatable bonds is 4. The van der Waals surface area contributed by atoms with Crippen LogP contribution in [0.4, 0.5) is 0 Å². The summed E-state index contributed by atoms with van der Waals surface area (Å²) in [5.41, 5.74) is 1.67. The van der Waals surface area contributed by atoms with Gasteiger partial charge in [0.2, 0.25) is 5.91 Å². The van der Waals surface area contributed by atoms with Crippen molar-refractivity contribution in [3.05, 3.63) is 23.8 Å². The molecule has 1 aromatic rings. The van der Waals surface area contributed by atoms with Crippen molar-refractivity contribution in [2.24, 2.45) is 0 Å². The monoisotopic (exact) mass is 223 g/mol. The molecule has 1 aromatic heterocycles. The Kier molecular flexibility index (Phi) is 8.03. The molecule has 0 spiro atoms. The van der Waals surface area contributed by atoms with Gasteiger partial charge in [-0.1, -0.05) is 20.8 Å². The Morgan fingerprint density at radius 3 is 2.50 bits per heavy atom. The number of nitrogens with one attached hydrogen (secondary N) is 1. The summed E-state index contributed by atoms with van der Waals surface area (Å²) in [7, 11) is 0. The van der Waals surface area contributed by atoms with E-state index in [0.29, 0.717) is 13.0 Å². The molecule has 1 rings (SSSR count). The Morgan fingerprint density at radius 2 is 2.00 bits per heavy atom. The van der Waals surface area contributed by atoms with Gasteiger partial charge in [0, 0.05) is 12.6 Å². The number of carbonyl (C=O) groups excluding carboxylic acids is 1. The highest BCUT2D eigenvalue weighted by atomic mass is 16.1. The maximum Gasteiger partial charge on any atom is 0.220 e. The minimum absolute atomic E-state index is 0.0647. The summed E-state index contributed by atoms with van der Waals surface area (Å²) >= 11 is 0. The molecule has 0 fully saturated rings. The van der Waals surface area contributed by atoms with E-state index in [2.05, 4.69) is 15.3 Å². The van der Waals surface area contributed by atoms with Gasteiger partial charge in [-0.15, -0.1) is 0 Å². The van der Waals surface area contributed by atoms with Crippen LogP contribution >= 0.6 is 0 Å². The number of hydrogen-bond acceptors (Lipinski definition) is 3. The highest BCUT2D eigenvalue weighted by Crippen LogP contribution is 1.94. The van der Waals surface area contributed by atoms with Crippen LogP contribution in [0.2, 0.25) is 0 Å². The van der Waals surface area contributed by atoms with Gasteiger partial charge in [-0.25, -0.2) is 0 Å². The molecule has 1 amide bonds. The lowest BCUT2D eigenvalue weighted by atomic mass is 10.3. The first-order valence-corrected chi connectivity index (χ1v) is 5.76. The minimum Gasteiger partial charge on any atom is -0.350 e. The van der Waals surface area contributed by atoms with Gasteiger partial charge >= 0.3 is 0 Å². The van der Waals surface area contributed by atoms with Crippen LogP contribution in [0.25, 0.3) is 0 Å². The van der Waals surface area contributed by atoms with Crippen LogP contribution in [0.15, 0.2) is 12.4 Å². The number of aromatic nitrogens is 2. The largest absolute Gasteiger partial charge is 0.350 e. The molecule has 0 saturated heterocycles. The molecule has 16 heavy (non-hydrogen) atoms. The van der Waals surface area contributed by atoms with Gasteiger partial charge < -0.3 is 5.32 Å². The van der Waals surface area contributed by atoms with E-state index in [1.165, 1.54) is 0 Å². The van der Waals surface area contributed by atoms with E-state index in [1.54, 1.807) is 12.4 Å². The minimum atomic E-state index is 0.0647. The highest BCUT2D eigenvalue weighted by Gasteiger charge is 1.99. The zero-order valence-corrected chi connectivity index (χ0v) is 10.6. The Balaban J connectivity index is 0.00000106. The lowest BCUT2D eigenvalue weighted by molar-refractivity contribution is -0.121. The molecule has 1 N–H and O–H groups in total. The van der Waals surface area contributed by atoms with Gasteiger partial charge in [0.05, 0.1) is 24.1 Å². The number of amides is 1. The van der Waals surface area contributed by atoms with E-state index < -0.39 is 0 Å². The van der Waals surface area contributed by atoms with Gasteiger partial charge in [0.25, 0.3) is 0 Å². The van der Waals surface area contributed by atoms with Gasteiger partial charge in [-0.3, -0.25) is 14.8 Å². The normalized spacial score (nSPS) is 9.00. The molecule has 1 heterocycles. The van der Waals surface area contributed by atoms with E-state index in [1.807, 2.05) is 27.7 Å². The number of aryl methyl sites for hydroxylation is 1. The number of nitrogens with zero attached hydrogens (tertiary/aromatic N) is 2. The molecule has 4 heteroatoms. The van der Waals surface area contributed by atoms with Crippen LogP contribution in [0.5, 0.6) is 0 Å². The number of hydrogen-bond donors (Lipinski definition) is 1. The van der Waals surface area contributed by atoms with Crippen LogP contribution < -0.4 is 5.32 Å². The van der Waals surface area contributed by atoms with Crippen molar-refractivity contribution in [1.29, 1.82) is 0 Å². The molecule has 0 aromatic carbocycles. The van der Waals surface area contributed by atoms with Crippen LogP contribution in [0.1, 0.15) is 45.0 Å². The fourth-order valence-electron chi connectivity index (χ4n) is 1.02. The van der Waals surface area contributed by atoms with Crippen molar-refractivity contribution in [3.63, 3.8) is 0 Å². The topological polar surface area (TPSA) is 54.9 Å². The third-order valence-electron chi connectivity index (χ3n) is 1.78. The molecular formula is C12H21N3O. The van der Waals surface area contributed by atoms with Crippen LogP contribution in [-0.2, 0) is 11.3 Å². The maximum absolute atomic E-state index is 11.1. The van der Waals surface area contributed by atoms with E-state index in [0.717, 1.165) is 17.8 Å². The summed E-state index contributed by atoms with van der Waals surface area (Å²) in [6.07, 6.45) is 4.81. The average Bonchev–Trinajstić information content (AvgIpc) is 2.31. The standard InChI is InChI=1S/C10H15N3O.C2H6/c1-3-4-10(14)13-7-9-6-11-8(2)5-12-9;1-2/h5-6H,3-4,7H2,1-2H3,(H,13,14);1-2H3. The van der Waals surface area contributed by atoms with E-state index in [-0.39, 0.29) is 5.91 Å². The second-order valence-corrected chi connectivity index (χ2v) is 3.18. The summed E-state index contributed by atoms with van der Waals surface area (Å²) in [5, 5.41) is 2.78. The Hall–Kier alpha value is -1.45. The second-order valence-electron chi connectivity index (χ2n) is 3.18. The first-order valence-electron chi connectivity index (χ1n) is 5.76. The SMILES string of the molecule is CC.CCCC(=O)NCc1cnc(C)cn1. The zero-order valence-electron chi connectivity index (χ0n) is 10.6. The lowest BCUT2D eigenvalue weighted by Crippen LogP contribution is -2.22. The van der Waals surface area contributed by atoms with E-state index in [9.17, 15) is 4.79 Å². The van der Waals surface area contributed by atoms with Crippen LogP contribution in [-0.4, -0.2) is 15.9 Å². The summed E-state index contributed by atoms with van der Waals surface area (Å²) in [4.78, 5) is 19.3. The third-order valence-corrected chi connectivity index (χ3v) is 1.78. The fraction of sp³-hybridized carbons (Fsp3) is 0.583. The molecule has 0 saturated carbocycles. The van der Waals surface area contributed by atoms with Crippen molar-refractivity contribution in [2.45, 2.75) is 47.1 Å². The van der Waals surface area contributed by atoms with Crippen molar-refractivity contribution in [2.75, 3.05) is 0 Å². The molecule has 0 bridgehead atoms. The molecule has 0 aliphatic carbocycles. The summed E-state index contributed by atoms with van der Waals surface area (Å²) in [5.74, 6) is 0.0647. The lowest BCUT2D eigenvalue weighted by Gasteiger charge is -2.03. The molecule has 0 aliphatic heterocycles. The van der Waals surface area contributed by atoms with Crippen LogP contribution in [0, 0.1) is 6.92 Å². The number of carbonyl (C=O) groups is 1. The highest BCUT2D eigenvalue weighted by molar-refractivity contribution is 5.75. The van der Waals surface area contributed by atoms with Crippen molar-refractivity contribution in [1.82, 2.24) is 15.3 Å². The third kappa shape index (κ3) is 6.11. The summed E-state index contributed by atoms with van der Waals surface area (Å²) < 4.78 is 0. The van der Waals surface area contributed by atoms with Gasteiger partial charge in [-0.2, -0.15) is 0 Å².